The maximum atomic E-state index is 13.3. The zero-order valence-electron chi connectivity index (χ0n) is 9.74. The van der Waals surface area contributed by atoms with Crippen molar-refractivity contribution in [3.8, 4) is 0 Å². The fraction of sp³-hybridized carbons (Fsp3) is 0.143. The van der Waals surface area contributed by atoms with Crippen LogP contribution in [0.15, 0.2) is 53.0 Å². The Balaban J connectivity index is 2.26. The van der Waals surface area contributed by atoms with Crippen LogP contribution in [0.25, 0.3) is 0 Å². The standard InChI is InChI=1S/C14H14BrFN2/c15-13-7-6-11(16)9-12(13)14(18-17)8-10-4-2-1-3-5-10/h1-7,9,14,18H,8,17H2. The molecule has 1 atom stereocenters. The van der Waals surface area contributed by atoms with E-state index in [1.807, 2.05) is 30.3 Å². The lowest BCUT2D eigenvalue weighted by atomic mass is 9.99. The highest BCUT2D eigenvalue weighted by atomic mass is 79.9. The van der Waals surface area contributed by atoms with Crippen LogP contribution in [0.1, 0.15) is 17.2 Å². The Kier molecular flexibility index (Phi) is 4.47. The molecule has 0 fully saturated rings. The fourth-order valence-electron chi connectivity index (χ4n) is 1.89. The predicted molar refractivity (Wildman–Crippen MR) is 74.3 cm³/mol. The Labute approximate surface area is 114 Å². The molecular formula is C14H14BrFN2. The Hall–Kier alpha value is -1.23. The van der Waals surface area contributed by atoms with Gasteiger partial charge in [-0.3, -0.25) is 11.3 Å². The zero-order valence-corrected chi connectivity index (χ0v) is 11.3. The third-order valence-corrected chi connectivity index (χ3v) is 3.54. The van der Waals surface area contributed by atoms with Crippen LogP contribution in [0.5, 0.6) is 0 Å². The second-order valence-electron chi connectivity index (χ2n) is 4.07. The van der Waals surface area contributed by atoms with E-state index >= 15 is 0 Å². The summed E-state index contributed by atoms with van der Waals surface area (Å²) >= 11 is 3.42. The average Bonchev–Trinajstić information content (AvgIpc) is 2.40. The fourth-order valence-corrected chi connectivity index (χ4v) is 2.41. The van der Waals surface area contributed by atoms with Crippen LogP contribution in [0.3, 0.4) is 0 Å². The molecule has 2 rings (SSSR count). The summed E-state index contributed by atoms with van der Waals surface area (Å²) in [6.45, 7) is 0. The number of hydrogen-bond donors (Lipinski definition) is 2. The molecule has 0 spiro atoms. The minimum atomic E-state index is -0.262. The summed E-state index contributed by atoms with van der Waals surface area (Å²) in [6.07, 6.45) is 0.708. The lowest BCUT2D eigenvalue weighted by Gasteiger charge is -2.18. The highest BCUT2D eigenvalue weighted by Crippen LogP contribution is 2.26. The Morgan fingerprint density at radius 2 is 1.89 bits per heavy atom. The zero-order chi connectivity index (χ0) is 13.0. The molecular weight excluding hydrogens is 295 g/mol. The maximum absolute atomic E-state index is 13.3. The van der Waals surface area contributed by atoms with Crippen LogP contribution in [0.2, 0.25) is 0 Å². The number of nitrogens with two attached hydrogens (primary N) is 1. The topological polar surface area (TPSA) is 38.0 Å². The van der Waals surface area contributed by atoms with Gasteiger partial charge in [-0.1, -0.05) is 46.3 Å². The number of rotatable bonds is 4. The molecule has 0 saturated heterocycles. The van der Waals surface area contributed by atoms with Crippen LogP contribution in [-0.2, 0) is 6.42 Å². The summed E-state index contributed by atoms with van der Waals surface area (Å²) in [5.41, 5.74) is 4.71. The summed E-state index contributed by atoms with van der Waals surface area (Å²) in [5.74, 6) is 5.32. The first-order chi connectivity index (χ1) is 8.70. The van der Waals surface area contributed by atoms with Gasteiger partial charge in [0.1, 0.15) is 5.82 Å². The maximum Gasteiger partial charge on any atom is 0.123 e. The van der Waals surface area contributed by atoms with Gasteiger partial charge in [-0.15, -0.1) is 0 Å². The number of halogens is 2. The van der Waals surface area contributed by atoms with E-state index in [-0.39, 0.29) is 11.9 Å². The van der Waals surface area contributed by atoms with E-state index < -0.39 is 0 Å². The van der Waals surface area contributed by atoms with Crippen molar-refractivity contribution in [1.29, 1.82) is 0 Å². The molecule has 0 amide bonds. The molecule has 18 heavy (non-hydrogen) atoms. The second kappa shape index (κ2) is 6.09. The molecule has 2 nitrogen and oxygen atoms in total. The number of hydrazine groups is 1. The second-order valence-corrected chi connectivity index (χ2v) is 4.93. The smallest absolute Gasteiger partial charge is 0.123 e. The molecule has 0 aromatic heterocycles. The quantitative estimate of drug-likeness (QED) is 0.671. The van der Waals surface area contributed by atoms with Gasteiger partial charge < -0.3 is 0 Å². The van der Waals surface area contributed by atoms with Crippen LogP contribution in [-0.4, -0.2) is 0 Å². The van der Waals surface area contributed by atoms with Gasteiger partial charge >= 0.3 is 0 Å². The number of benzene rings is 2. The van der Waals surface area contributed by atoms with E-state index in [1.54, 1.807) is 6.07 Å². The molecule has 0 aliphatic carbocycles. The lowest BCUT2D eigenvalue weighted by molar-refractivity contribution is 0.542. The molecule has 0 radical (unpaired) electrons. The average molecular weight is 309 g/mol. The summed E-state index contributed by atoms with van der Waals surface area (Å²) in [7, 11) is 0. The van der Waals surface area contributed by atoms with E-state index in [4.69, 9.17) is 5.84 Å². The largest absolute Gasteiger partial charge is 0.271 e. The first kappa shape index (κ1) is 13.2. The summed E-state index contributed by atoms with van der Waals surface area (Å²) in [4.78, 5) is 0. The number of nitrogens with one attached hydrogen (secondary N) is 1. The molecule has 0 heterocycles. The monoisotopic (exact) mass is 308 g/mol. The Morgan fingerprint density at radius 3 is 2.56 bits per heavy atom. The highest BCUT2D eigenvalue weighted by Gasteiger charge is 2.14. The van der Waals surface area contributed by atoms with Gasteiger partial charge in [0.2, 0.25) is 0 Å². The first-order valence-corrected chi connectivity index (χ1v) is 6.45. The van der Waals surface area contributed by atoms with Crippen molar-refractivity contribution >= 4 is 15.9 Å². The van der Waals surface area contributed by atoms with E-state index in [0.717, 1.165) is 15.6 Å². The minimum Gasteiger partial charge on any atom is -0.271 e. The van der Waals surface area contributed by atoms with Crippen LogP contribution >= 0.6 is 15.9 Å². The van der Waals surface area contributed by atoms with Gasteiger partial charge in [-0.25, -0.2) is 4.39 Å². The van der Waals surface area contributed by atoms with Crippen molar-refractivity contribution in [2.45, 2.75) is 12.5 Å². The Morgan fingerprint density at radius 1 is 1.17 bits per heavy atom. The van der Waals surface area contributed by atoms with Crippen molar-refractivity contribution in [3.63, 3.8) is 0 Å². The van der Waals surface area contributed by atoms with E-state index in [0.29, 0.717) is 6.42 Å². The third kappa shape index (κ3) is 3.16. The van der Waals surface area contributed by atoms with E-state index in [1.165, 1.54) is 12.1 Å². The van der Waals surface area contributed by atoms with Crippen molar-refractivity contribution < 1.29 is 4.39 Å². The Bertz CT molecular complexity index is 516. The van der Waals surface area contributed by atoms with Gasteiger partial charge in [-0.2, -0.15) is 0 Å². The molecule has 4 heteroatoms. The predicted octanol–water partition coefficient (Wildman–Crippen LogP) is 3.34. The van der Waals surface area contributed by atoms with Crippen molar-refractivity contribution in [1.82, 2.24) is 5.43 Å². The van der Waals surface area contributed by atoms with Gasteiger partial charge in [0, 0.05) is 4.47 Å². The lowest BCUT2D eigenvalue weighted by Crippen LogP contribution is -2.30. The summed E-state index contributed by atoms with van der Waals surface area (Å²) in [5, 5.41) is 0. The minimum absolute atomic E-state index is 0.127. The SMILES string of the molecule is NNC(Cc1ccccc1)c1cc(F)ccc1Br. The summed E-state index contributed by atoms with van der Waals surface area (Å²) < 4.78 is 14.1. The molecule has 1 unspecified atom stereocenters. The molecule has 3 N–H and O–H groups in total. The first-order valence-electron chi connectivity index (χ1n) is 5.65. The van der Waals surface area contributed by atoms with E-state index in [2.05, 4.69) is 21.4 Å². The van der Waals surface area contributed by atoms with Crippen LogP contribution in [0, 0.1) is 5.82 Å². The van der Waals surface area contributed by atoms with Crippen molar-refractivity contribution in [2.75, 3.05) is 0 Å². The molecule has 94 valence electrons. The van der Waals surface area contributed by atoms with Gasteiger partial charge in [0.15, 0.2) is 0 Å². The molecule has 0 bridgehead atoms. The van der Waals surface area contributed by atoms with Crippen molar-refractivity contribution in [2.24, 2.45) is 5.84 Å². The van der Waals surface area contributed by atoms with Crippen LogP contribution in [0.4, 0.5) is 4.39 Å². The van der Waals surface area contributed by atoms with Gasteiger partial charge in [-0.05, 0) is 35.7 Å². The molecule has 0 saturated carbocycles. The van der Waals surface area contributed by atoms with E-state index in [9.17, 15) is 4.39 Å². The normalized spacial score (nSPS) is 12.4. The van der Waals surface area contributed by atoms with Crippen molar-refractivity contribution in [3.05, 3.63) is 69.9 Å². The van der Waals surface area contributed by atoms with Gasteiger partial charge in [0.05, 0.1) is 6.04 Å². The molecule has 2 aromatic carbocycles. The summed E-state index contributed by atoms with van der Waals surface area (Å²) in [6, 6.07) is 14.5. The third-order valence-electron chi connectivity index (χ3n) is 2.82. The molecule has 2 aromatic rings. The van der Waals surface area contributed by atoms with Gasteiger partial charge in [0.25, 0.3) is 0 Å². The van der Waals surface area contributed by atoms with Crippen LogP contribution < -0.4 is 11.3 Å². The molecule has 0 aliphatic heterocycles. The number of hydrogen-bond acceptors (Lipinski definition) is 2. The highest BCUT2D eigenvalue weighted by molar-refractivity contribution is 9.10. The molecule has 0 aliphatic rings.